The normalized spacial score (nSPS) is 14.0. The van der Waals surface area contributed by atoms with Crippen molar-refractivity contribution in [2.75, 3.05) is 13.1 Å². The van der Waals surface area contributed by atoms with Gasteiger partial charge in [0.05, 0.1) is 17.1 Å². The molecule has 2 heterocycles. The summed E-state index contributed by atoms with van der Waals surface area (Å²) in [5.41, 5.74) is 6.71. The Morgan fingerprint density at radius 1 is 1.03 bits per heavy atom. The number of hydrazine groups is 1. The van der Waals surface area contributed by atoms with Crippen LogP contribution in [0.1, 0.15) is 50.4 Å². The van der Waals surface area contributed by atoms with Crippen molar-refractivity contribution < 1.29 is 4.79 Å². The van der Waals surface area contributed by atoms with Gasteiger partial charge in [0.2, 0.25) is 5.91 Å². The predicted octanol–water partition coefficient (Wildman–Crippen LogP) is 6.67. The molecular weight excluding hydrogens is 491 g/mol. The molecule has 0 aliphatic carbocycles. The SMILES string of the molecule is CCCCc1c(CC(=O)NN2CCCCC2)nc(-c2ccccc2Cl)n1-c1ccc(Cl)cc1.Cl. The van der Waals surface area contributed by atoms with Crippen LogP contribution in [0.15, 0.2) is 48.5 Å². The van der Waals surface area contributed by atoms with Gasteiger partial charge in [0, 0.05) is 35.1 Å². The third kappa shape index (κ3) is 6.33. The number of aromatic nitrogens is 2. The summed E-state index contributed by atoms with van der Waals surface area (Å²) >= 11 is 12.8. The van der Waals surface area contributed by atoms with Crippen LogP contribution < -0.4 is 5.43 Å². The maximum Gasteiger partial charge on any atom is 0.240 e. The molecule has 3 aromatic rings. The molecular formula is C26H31Cl3N4O. The van der Waals surface area contributed by atoms with Gasteiger partial charge in [0.1, 0.15) is 5.82 Å². The molecule has 4 rings (SSSR count). The molecule has 34 heavy (non-hydrogen) atoms. The van der Waals surface area contributed by atoms with Crippen molar-refractivity contribution in [2.24, 2.45) is 0 Å². The number of rotatable bonds is 8. The number of unbranched alkanes of at least 4 members (excludes halogenated alkanes) is 1. The molecule has 1 aliphatic heterocycles. The molecule has 1 aliphatic rings. The molecule has 1 N–H and O–H groups in total. The average molecular weight is 522 g/mol. The predicted molar refractivity (Wildman–Crippen MR) is 142 cm³/mol. The van der Waals surface area contributed by atoms with Crippen LogP contribution in [-0.2, 0) is 17.6 Å². The second-order valence-corrected chi connectivity index (χ2v) is 9.33. The van der Waals surface area contributed by atoms with E-state index in [9.17, 15) is 4.79 Å². The minimum atomic E-state index is -0.0267. The maximum atomic E-state index is 13.0. The number of carbonyl (C=O) groups excluding carboxylic acids is 1. The first-order valence-electron chi connectivity index (χ1n) is 11.7. The highest BCUT2D eigenvalue weighted by molar-refractivity contribution is 6.33. The number of hydrogen-bond acceptors (Lipinski definition) is 3. The number of hydrogen-bond donors (Lipinski definition) is 1. The van der Waals surface area contributed by atoms with Crippen molar-refractivity contribution in [3.63, 3.8) is 0 Å². The van der Waals surface area contributed by atoms with Crippen LogP contribution in [0.4, 0.5) is 0 Å². The van der Waals surface area contributed by atoms with Crippen LogP contribution in [0.3, 0.4) is 0 Å². The number of nitrogens with zero attached hydrogens (tertiary/aromatic N) is 3. The fourth-order valence-corrected chi connectivity index (χ4v) is 4.65. The third-order valence-corrected chi connectivity index (χ3v) is 6.57. The largest absolute Gasteiger partial charge is 0.296 e. The van der Waals surface area contributed by atoms with Gasteiger partial charge in [-0.3, -0.25) is 14.8 Å². The zero-order chi connectivity index (χ0) is 23.2. The number of imidazole rings is 1. The molecule has 8 heteroatoms. The highest BCUT2D eigenvalue weighted by atomic mass is 35.5. The highest BCUT2D eigenvalue weighted by Gasteiger charge is 2.23. The summed E-state index contributed by atoms with van der Waals surface area (Å²) in [6.07, 6.45) is 6.55. The minimum Gasteiger partial charge on any atom is -0.296 e. The first-order valence-corrected chi connectivity index (χ1v) is 12.5. The van der Waals surface area contributed by atoms with E-state index in [1.165, 1.54) is 6.42 Å². The van der Waals surface area contributed by atoms with Crippen LogP contribution in [0.5, 0.6) is 0 Å². The van der Waals surface area contributed by atoms with E-state index in [-0.39, 0.29) is 24.7 Å². The van der Waals surface area contributed by atoms with Crippen molar-refractivity contribution in [1.82, 2.24) is 20.0 Å². The van der Waals surface area contributed by atoms with Crippen LogP contribution in [0.2, 0.25) is 10.0 Å². The van der Waals surface area contributed by atoms with Gasteiger partial charge in [0.25, 0.3) is 0 Å². The Labute approximate surface area is 217 Å². The van der Waals surface area contributed by atoms with Crippen molar-refractivity contribution in [1.29, 1.82) is 0 Å². The summed E-state index contributed by atoms with van der Waals surface area (Å²) < 4.78 is 2.14. The molecule has 1 aromatic heterocycles. The number of carbonyl (C=O) groups is 1. The molecule has 1 fully saturated rings. The summed E-state index contributed by atoms with van der Waals surface area (Å²) in [7, 11) is 0. The van der Waals surface area contributed by atoms with Gasteiger partial charge in [-0.2, -0.15) is 0 Å². The first kappa shape index (κ1) is 26.6. The summed E-state index contributed by atoms with van der Waals surface area (Å²) in [5, 5.41) is 3.33. The van der Waals surface area contributed by atoms with Crippen LogP contribution >= 0.6 is 35.6 Å². The molecule has 2 aromatic carbocycles. The molecule has 0 radical (unpaired) electrons. The quantitative estimate of drug-likeness (QED) is 0.360. The number of piperidine rings is 1. The molecule has 182 valence electrons. The monoisotopic (exact) mass is 520 g/mol. The van der Waals surface area contributed by atoms with Gasteiger partial charge >= 0.3 is 0 Å². The third-order valence-electron chi connectivity index (χ3n) is 5.99. The van der Waals surface area contributed by atoms with E-state index in [0.717, 1.165) is 73.7 Å². The molecule has 0 unspecified atom stereocenters. The summed E-state index contributed by atoms with van der Waals surface area (Å²) in [6, 6.07) is 15.4. The van der Waals surface area contributed by atoms with E-state index in [0.29, 0.717) is 10.0 Å². The van der Waals surface area contributed by atoms with Crippen LogP contribution in [0.25, 0.3) is 17.1 Å². The van der Waals surface area contributed by atoms with Crippen LogP contribution in [-0.4, -0.2) is 33.6 Å². The lowest BCUT2D eigenvalue weighted by Crippen LogP contribution is -2.45. The molecule has 0 spiro atoms. The lowest BCUT2D eigenvalue weighted by Gasteiger charge is -2.26. The number of benzene rings is 2. The summed E-state index contributed by atoms with van der Waals surface area (Å²) in [6.45, 7) is 3.97. The van der Waals surface area contributed by atoms with E-state index >= 15 is 0 Å². The molecule has 1 saturated heterocycles. The zero-order valence-corrected chi connectivity index (χ0v) is 21.7. The van der Waals surface area contributed by atoms with E-state index in [2.05, 4.69) is 16.9 Å². The fourth-order valence-electron chi connectivity index (χ4n) is 4.31. The van der Waals surface area contributed by atoms with Crippen molar-refractivity contribution >= 4 is 41.5 Å². The van der Waals surface area contributed by atoms with Crippen LogP contribution in [0, 0.1) is 0 Å². The van der Waals surface area contributed by atoms with Gasteiger partial charge in [-0.15, -0.1) is 12.4 Å². The molecule has 0 saturated carbocycles. The topological polar surface area (TPSA) is 50.2 Å². The molecule has 5 nitrogen and oxygen atoms in total. The van der Waals surface area contributed by atoms with E-state index < -0.39 is 0 Å². The van der Waals surface area contributed by atoms with Crippen molar-refractivity contribution in [3.05, 3.63) is 70.0 Å². The Hall–Kier alpha value is -2.05. The Balaban J connectivity index is 0.00000324. The minimum absolute atomic E-state index is 0. The highest BCUT2D eigenvalue weighted by Crippen LogP contribution is 2.33. The molecule has 1 amide bonds. The van der Waals surface area contributed by atoms with Crippen molar-refractivity contribution in [3.8, 4) is 17.1 Å². The van der Waals surface area contributed by atoms with Gasteiger partial charge in [-0.1, -0.05) is 55.1 Å². The Morgan fingerprint density at radius 3 is 2.41 bits per heavy atom. The van der Waals surface area contributed by atoms with Gasteiger partial charge < -0.3 is 0 Å². The van der Waals surface area contributed by atoms with Gasteiger partial charge in [-0.25, -0.2) is 9.99 Å². The van der Waals surface area contributed by atoms with E-state index in [1.54, 1.807) is 0 Å². The van der Waals surface area contributed by atoms with Crippen molar-refractivity contribution in [2.45, 2.75) is 51.9 Å². The zero-order valence-electron chi connectivity index (χ0n) is 19.4. The Kier molecular flexibility index (Phi) is 9.84. The number of amides is 1. The fraction of sp³-hybridized carbons (Fsp3) is 0.385. The summed E-state index contributed by atoms with van der Waals surface area (Å²) in [5.74, 6) is 0.718. The number of halogens is 3. The van der Waals surface area contributed by atoms with Gasteiger partial charge in [0.15, 0.2) is 0 Å². The number of nitrogens with one attached hydrogen (secondary N) is 1. The second-order valence-electron chi connectivity index (χ2n) is 8.48. The standard InChI is InChI=1S/C26H30Cl2N4O.ClH/c1-2-3-11-24-23(18-25(33)30-31-16-7-4-8-17-31)29-26(21-9-5-6-10-22(21)28)32(24)20-14-12-19(27)13-15-20;/h5-6,9-10,12-15H,2-4,7-8,11,16-18H2,1H3,(H,30,33);1H. The van der Waals surface area contributed by atoms with E-state index in [1.807, 2.05) is 53.5 Å². The summed E-state index contributed by atoms with van der Waals surface area (Å²) in [4.78, 5) is 18.0. The molecule has 0 bridgehead atoms. The average Bonchev–Trinajstić information content (AvgIpc) is 3.16. The second kappa shape index (κ2) is 12.6. The Bertz CT molecular complexity index is 1090. The van der Waals surface area contributed by atoms with E-state index in [4.69, 9.17) is 28.2 Å². The lowest BCUT2D eigenvalue weighted by molar-refractivity contribution is -0.125. The molecule has 0 atom stereocenters. The first-order chi connectivity index (χ1) is 16.1. The van der Waals surface area contributed by atoms with Gasteiger partial charge in [-0.05, 0) is 62.1 Å². The lowest BCUT2D eigenvalue weighted by atomic mass is 10.1. The smallest absolute Gasteiger partial charge is 0.240 e. The maximum absolute atomic E-state index is 13.0. The Morgan fingerprint density at radius 2 is 1.74 bits per heavy atom.